The third kappa shape index (κ3) is 3.13. The lowest BCUT2D eigenvalue weighted by Gasteiger charge is -2.18. The maximum absolute atomic E-state index is 2.41. The number of allylic oxidation sites excluding steroid dienone is 1. The first-order valence-corrected chi connectivity index (χ1v) is 8.80. The summed E-state index contributed by atoms with van der Waals surface area (Å²) in [7, 11) is 0. The summed E-state index contributed by atoms with van der Waals surface area (Å²) in [4.78, 5) is 0. The van der Waals surface area contributed by atoms with Crippen LogP contribution in [0.5, 0.6) is 0 Å². The van der Waals surface area contributed by atoms with Crippen LogP contribution in [0.2, 0.25) is 0 Å². The van der Waals surface area contributed by atoms with Gasteiger partial charge in [0.25, 0.3) is 0 Å². The fraction of sp³-hybridized carbons (Fsp3) is 0.348. The van der Waals surface area contributed by atoms with Crippen molar-refractivity contribution in [3.05, 3.63) is 70.1 Å². The molecule has 1 aliphatic rings. The fourth-order valence-corrected chi connectivity index (χ4v) is 3.72. The highest BCUT2D eigenvalue weighted by Crippen LogP contribution is 2.41. The molecule has 0 aromatic heterocycles. The van der Waals surface area contributed by atoms with Crippen LogP contribution in [0.25, 0.3) is 17.2 Å². The lowest BCUT2D eigenvalue weighted by molar-refractivity contribution is 0.868. The zero-order chi connectivity index (χ0) is 16.6. The van der Waals surface area contributed by atoms with Crippen molar-refractivity contribution in [3.63, 3.8) is 0 Å². The van der Waals surface area contributed by atoms with Gasteiger partial charge in [0, 0.05) is 6.42 Å². The summed E-state index contributed by atoms with van der Waals surface area (Å²) in [6.07, 6.45) is 7.15. The van der Waals surface area contributed by atoms with E-state index >= 15 is 0 Å². The predicted octanol–water partition coefficient (Wildman–Crippen LogP) is 6.84. The molecule has 0 atom stereocenters. The highest BCUT2D eigenvalue weighted by Gasteiger charge is 2.21. The highest BCUT2D eigenvalue weighted by atomic mass is 14.2. The van der Waals surface area contributed by atoms with Gasteiger partial charge < -0.3 is 0 Å². The van der Waals surface area contributed by atoms with Crippen LogP contribution in [0.15, 0.2) is 35.9 Å². The molecule has 0 bridgehead atoms. The van der Waals surface area contributed by atoms with Gasteiger partial charge in [-0.15, -0.1) is 0 Å². The smallest absolute Gasteiger partial charge is 0.0164 e. The zero-order valence-corrected chi connectivity index (χ0v) is 15.0. The molecular weight excluding hydrogens is 276 g/mol. The molecule has 1 aliphatic carbocycles. The van der Waals surface area contributed by atoms with Gasteiger partial charge in [-0.2, -0.15) is 0 Å². The van der Waals surface area contributed by atoms with Crippen molar-refractivity contribution in [3.8, 4) is 11.1 Å². The van der Waals surface area contributed by atoms with Crippen LogP contribution in [0, 0.1) is 20.3 Å². The molecule has 0 heteroatoms. The topological polar surface area (TPSA) is 0 Å². The number of aryl methyl sites for hydroxylation is 2. The van der Waals surface area contributed by atoms with Crippen LogP contribution in [0.1, 0.15) is 67.3 Å². The summed E-state index contributed by atoms with van der Waals surface area (Å²) in [5.41, 5.74) is 11.2. The summed E-state index contributed by atoms with van der Waals surface area (Å²) >= 11 is 0. The van der Waals surface area contributed by atoms with Gasteiger partial charge in [0.05, 0.1) is 0 Å². The molecule has 0 saturated heterocycles. The van der Waals surface area contributed by atoms with Crippen LogP contribution in [0.3, 0.4) is 0 Å². The summed E-state index contributed by atoms with van der Waals surface area (Å²) in [6.45, 7) is 11.2. The van der Waals surface area contributed by atoms with E-state index in [1.54, 1.807) is 0 Å². The number of rotatable bonds is 4. The van der Waals surface area contributed by atoms with Crippen LogP contribution in [-0.4, -0.2) is 0 Å². The van der Waals surface area contributed by atoms with Gasteiger partial charge in [-0.3, -0.25) is 0 Å². The lowest BCUT2D eigenvalue weighted by Crippen LogP contribution is -1.97. The Hall–Kier alpha value is -1.82. The maximum atomic E-state index is 2.41. The standard InChI is InChI=1S/C23H27/c1-6-7-18-13-19-8-9-21(15(2)3)23(22(19)14-18)20-11-16(4)10-17(5)12-20/h8-15H,6-7H2,1-5H3. The molecule has 0 unspecified atom stereocenters. The van der Waals surface area contributed by atoms with Gasteiger partial charge in [-0.1, -0.05) is 80.3 Å². The SMILES string of the molecule is CCCC1=Cc2c(ccc(C(C)C)c2-c2cc(C)cc(C)c2)[CH]1. The summed E-state index contributed by atoms with van der Waals surface area (Å²) in [5.74, 6) is 0.528. The largest absolute Gasteiger partial charge is 0.0651 e. The highest BCUT2D eigenvalue weighted by molar-refractivity contribution is 5.86. The Bertz CT molecular complexity index is 740. The second kappa shape index (κ2) is 6.35. The van der Waals surface area contributed by atoms with Crippen molar-refractivity contribution in [2.75, 3.05) is 0 Å². The van der Waals surface area contributed by atoms with Crippen LogP contribution in [0.4, 0.5) is 0 Å². The molecular formula is C23H27. The molecule has 0 aliphatic heterocycles. The second-order valence-corrected chi connectivity index (χ2v) is 7.18. The molecule has 119 valence electrons. The molecule has 2 aromatic rings. The first-order chi connectivity index (χ1) is 11.0. The summed E-state index contributed by atoms with van der Waals surface area (Å²) in [5, 5.41) is 0. The van der Waals surface area contributed by atoms with Crippen molar-refractivity contribution in [1.29, 1.82) is 0 Å². The van der Waals surface area contributed by atoms with Gasteiger partial charge in [0.15, 0.2) is 0 Å². The molecule has 0 saturated carbocycles. The van der Waals surface area contributed by atoms with E-state index in [0.29, 0.717) is 5.92 Å². The third-order valence-corrected chi connectivity index (χ3v) is 4.65. The maximum Gasteiger partial charge on any atom is 0.0164 e. The minimum atomic E-state index is 0.528. The average Bonchev–Trinajstić information content (AvgIpc) is 2.87. The van der Waals surface area contributed by atoms with E-state index in [-0.39, 0.29) is 0 Å². The minimum Gasteiger partial charge on any atom is -0.0651 e. The van der Waals surface area contributed by atoms with E-state index < -0.39 is 0 Å². The van der Waals surface area contributed by atoms with Crippen LogP contribution < -0.4 is 0 Å². The third-order valence-electron chi connectivity index (χ3n) is 4.65. The van der Waals surface area contributed by atoms with Gasteiger partial charge in [-0.05, 0) is 54.0 Å². The first-order valence-electron chi connectivity index (χ1n) is 8.80. The van der Waals surface area contributed by atoms with Crippen molar-refractivity contribution >= 4 is 6.08 Å². The normalized spacial score (nSPS) is 13.4. The number of hydrogen-bond acceptors (Lipinski definition) is 0. The molecule has 23 heavy (non-hydrogen) atoms. The Morgan fingerprint density at radius 1 is 0.957 bits per heavy atom. The Morgan fingerprint density at radius 2 is 1.65 bits per heavy atom. The van der Waals surface area contributed by atoms with E-state index in [4.69, 9.17) is 0 Å². The Labute approximate surface area is 141 Å². The second-order valence-electron chi connectivity index (χ2n) is 7.18. The van der Waals surface area contributed by atoms with E-state index in [2.05, 4.69) is 77.4 Å². The molecule has 0 fully saturated rings. The molecule has 0 spiro atoms. The van der Waals surface area contributed by atoms with Gasteiger partial charge >= 0.3 is 0 Å². The van der Waals surface area contributed by atoms with E-state index in [9.17, 15) is 0 Å². The Kier molecular flexibility index (Phi) is 4.43. The Morgan fingerprint density at radius 3 is 2.26 bits per heavy atom. The van der Waals surface area contributed by atoms with Crippen LogP contribution >= 0.6 is 0 Å². The Balaban J connectivity index is 2.23. The summed E-state index contributed by atoms with van der Waals surface area (Å²) in [6, 6.07) is 11.6. The molecule has 0 amide bonds. The van der Waals surface area contributed by atoms with Crippen molar-refractivity contribution in [1.82, 2.24) is 0 Å². The predicted molar refractivity (Wildman–Crippen MR) is 102 cm³/mol. The van der Waals surface area contributed by atoms with E-state index in [1.165, 1.54) is 50.9 Å². The first kappa shape index (κ1) is 16.1. The fourth-order valence-electron chi connectivity index (χ4n) is 3.72. The number of benzene rings is 2. The molecule has 0 heterocycles. The van der Waals surface area contributed by atoms with E-state index in [1.807, 2.05) is 0 Å². The quantitative estimate of drug-likeness (QED) is 0.580. The minimum absolute atomic E-state index is 0.528. The molecule has 0 nitrogen and oxygen atoms in total. The molecule has 0 N–H and O–H groups in total. The molecule has 2 aromatic carbocycles. The lowest BCUT2D eigenvalue weighted by atomic mass is 9.86. The number of fused-ring (bicyclic) bond motifs is 1. The molecule has 1 radical (unpaired) electrons. The van der Waals surface area contributed by atoms with Crippen LogP contribution in [-0.2, 0) is 0 Å². The zero-order valence-electron chi connectivity index (χ0n) is 15.0. The average molecular weight is 303 g/mol. The van der Waals surface area contributed by atoms with Crippen molar-refractivity contribution in [2.45, 2.75) is 53.4 Å². The van der Waals surface area contributed by atoms with Crippen molar-refractivity contribution < 1.29 is 0 Å². The summed E-state index contributed by atoms with van der Waals surface area (Å²) < 4.78 is 0. The number of hydrogen-bond donors (Lipinski definition) is 0. The monoisotopic (exact) mass is 303 g/mol. The molecule has 3 rings (SSSR count). The van der Waals surface area contributed by atoms with Gasteiger partial charge in [0.1, 0.15) is 0 Å². The van der Waals surface area contributed by atoms with Gasteiger partial charge in [0.2, 0.25) is 0 Å². The van der Waals surface area contributed by atoms with Crippen molar-refractivity contribution in [2.24, 2.45) is 0 Å². The van der Waals surface area contributed by atoms with Gasteiger partial charge in [-0.25, -0.2) is 0 Å². The van der Waals surface area contributed by atoms with E-state index in [0.717, 1.165) is 6.42 Å².